The van der Waals surface area contributed by atoms with Crippen molar-refractivity contribution in [2.24, 2.45) is 0 Å². The molecule has 0 amide bonds. The van der Waals surface area contributed by atoms with Gasteiger partial charge in [0, 0.05) is 16.9 Å². The predicted octanol–water partition coefficient (Wildman–Crippen LogP) is 5.12. The van der Waals surface area contributed by atoms with E-state index >= 15 is 0 Å². The quantitative estimate of drug-likeness (QED) is 0.370. The van der Waals surface area contributed by atoms with E-state index in [9.17, 15) is 9.59 Å². The number of fused-ring (bicyclic) bond motifs is 1. The van der Waals surface area contributed by atoms with Gasteiger partial charge in [0.05, 0.1) is 19.0 Å². The number of aromatic nitrogens is 2. The number of hydrogen-bond acceptors (Lipinski definition) is 5. The predicted molar refractivity (Wildman–Crippen MR) is 129 cm³/mol. The van der Waals surface area contributed by atoms with Crippen LogP contribution in [0.1, 0.15) is 44.7 Å². The van der Waals surface area contributed by atoms with Crippen molar-refractivity contribution in [2.75, 3.05) is 7.11 Å². The maximum Gasteiger partial charge on any atom is 0.262 e. The normalized spacial score (nSPS) is 11.1. The number of carbonyl (C=O) groups is 1. The Kier molecular flexibility index (Phi) is 6.24. The summed E-state index contributed by atoms with van der Waals surface area (Å²) in [4.78, 5) is 33.2. The third-order valence-electron chi connectivity index (χ3n) is 5.78. The summed E-state index contributed by atoms with van der Waals surface area (Å²) < 4.78 is 6.78. The number of rotatable bonds is 7. The zero-order chi connectivity index (χ0) is 22.8. The lowest BCUT2D eigenvalue weighted by molar-refractivity contribution is 0.0969. The smallest absolute Gasteiger partial charge is 0.262 e. The molecule has 2 heterocycles. The van der Waals surface area contributed by atoms with Crippen LogP contribution in [0.15, 0.2) is 53.3 Å². The molecule has 164 valence electrons. The molecule has 0 aliphatic carbocycles. The molecule has 6 heteroatoms. The lowest BCUT2D eigenvalue weighted by Crippen LogP contribution is -2.28. The highest BCUT2D eigenvalue weighted by molar-refractivity contribution is 7.18. The molecule has 0 bridgehead atoms. The van der Waals surface area contributed by atoms with Crippen LogP contribution in [0, 0.1) is 13.8 Å². The molecule has 5 nitrogen and oxygen atoms in total. The van der Waals surface area contributed by atoms with Gasteiger partial charge in [-0.1, -0.05) is 31.2 Å². The SMILES string of the molecule is CCc1cc2c(=O)n(CC(=O)c3ccc(C)c(C)c3)c(Cc3ccc(OC)cc3)nc2s1. The molecular weight excluding hydrogens is 420 g/mol. The van der Waals surface area contributed by atoms with Gasteiger partial charge in [0.25, 0.3) is 5.56 Å². The Bertz CT molecular complexity index is 1350. The molecule has 2 aromatic carbocycles. The second-order valence-corrected chi connectivity index (χ2v) is 9.07. The number of ether oxygens (including phenoxy) is 1. The number of ketones is 1. The molecular formula is C26H26N2O3S. The third kappa shape index (κ3) is 4.36. The van der Waals surface area contributed by atoms with Crippen molar-refractivity contribution in [1.82, 2.24) is 9.55 Å². The first-order valence-electron chi connectivity index (χ1n) is 10.6. The van der Waals surface area contributed by atoms with E-state index in [1.165, 1.54) is 4.57 Å². The minimum Gasteiger partial charge on any atom is -0.497 e. The fourth-order valence-electron chi connectivity index (χ4n) is 3.66. The van der Waals surface area contributed by atoms with Gasteiger partial charge < -0.3 is 4.74 Å². The van der Waals surface area contributed by atoms with Crippen molar-refractivity contribution in [3.8, 4) is 5.75 Å². The Balaban J connectivity index is 1.77. The van der Waals surface area contributed by atoms with Crippen molar-refractivity contribution in [1.29, 1.82) is 0 Å². The summed E-state index contributed by atoms with van der Waals surface area (Å²) in [6, 6.07) is 15.2. The van der Waals surface area contributed by atoms with E-state index in [0.29, 0.717) is 23.2 Å². The molecule has 4 aromatic rings. The molecule has 0 aliphatic heterocycles. The Hall–Kier alpha value is -3.25. The number of thiophene rings is 1. The summed E-state index contributed by atoms with van der Waals surface area (Å²) >= 11 is 1.54. The van der Waals surface area contributed by atoms with Gasteiger partial charge in [-0.3, -0.25) is 14.2 Å². The van der Waals surface area contributed by atoms with Crippen LogP contribution in [0.2, 0.25) is 0 Å². The van der Waals surface area contributed by atoms with Gasteiger partial charge in [-0.05, 0) is 61.2 Å². The second-order valence-electron chi connectivity index (χ2n) is 7.95. The van der Waals surface area contributed by atoms with Gasteiger partial charge in [-0.15, -0.1) is 11.3 Å². The van der Waals surface area contributed by atoms with Crippen molar-refractivity contribution >= 4 is 27.3 Å². The number of aryl methyl sites for hydroxylation is 3. The molecule has 0 unspecified atom stereocenters. The topological polar surface area (TPSA) is 61.2 Å². The van der Waals surface area contributed by atoms with Crippen molar-refractivity contribution in [3.63, 3.8) is 0 Å². The van der Waals surface area contributed by atoms with E-state index in [-0.39, 0.29) is 17.9 Å². The van der Waals surface area contributed by atoms with Gasteiger partial charge in [0.2, 0.25) is 0 Å². The minimum atomic E-state index is -0.161. The molecule has 32 heavy (non-hydrogen) atoms. The maximum atomic E-state index is 13.4. The molecule has 0 aliphatic rings. The standard InChI is InChI=1S/C26H26N2O3S/c1-5-21-14-22-25(32-21)27-24(13-18-7-10-20(31-4)11-8-18)28(26(22)30)15-23(29)19-9-6-16(2)17(3)12-19/h6-12,14H,5,13,15H2,1-4H3. The summed E-state index contributed by atoms with van der Waals surface area (Å²) in [6.45, 7) is 6.03. The van der Waals surface area contributed by atoms with Crippen molar-refractivity contribution in [2.45, 2.75) is 40.2 Å². The first kappa shape index (κ1) is 22.0. The second kappa shape index (κ2) is 9.09. The molecule has 0 fully saturated rings. The number of Topliss-reactive ketones (excluding diaryl/α,β-unsaturated/α-hetero) is 1. The molecule has 0 radical (unpaired) electrons. The highest BCUT2D eigenvalue weighted by Crippen LogP contribution is 2.23. The van der Waals surface area contributed by atoms with Crippen LogP contribution < -0.4 is 10.3 Å². The molecule has 2 aromatic heterocycles. The van der Waals surface area contributed by atoms with E-state index in [2.05, 4.69) is 6.92 Å². The van der Waals surface area contributed by atoms with Crippen LogP contribution in [-0.2, 0) is 19.4 Å². The minimum absolute atomic E-state index is 0.0347. The zero-order valence-corrected chi connectivity index (χ0v) is 19.6. The largest absolute Gasteiger partial charge is 0.497 e. The molecule has 0 spiro atoms. The van der Waals surface area contributed by atoms with Gasteiger partial charge in [0.1, 0.15) is 16.4 Å². The van der Waals surface area contributed by atoms with Crippen LogP contribution in [0.25, 0.3) is 10.2 Å². The van der Waals surface area contributed by atoms with Gasteiger partial charge in [-0.2, -0.15) is 0 Å². The van der Waals surface area contributed by atoms with E-state index < -0.39 is 0 Å². The van der Waals surface area contributed by atoms with E-state index in [0.717, 1.165) is 38.6 Å². The van der Waals surface area contributed by atoms with E-state index in [4.69, 9.17) is 9.72 Å². The van der Waals surface area contributed by atoms with Crippen LogP contribution in [-0.4, -0.2) is 22.4 Å². The maximum absolute atomic E-state index is 13.4. The van der Waals surface area contributed by atoms with Gasteiger partial charge in [-0.25, -0.2) is 4.98 Å². The van der Waals surface area contributed by atoms with Crippen molar-refractivity contribution in [3.05, 3.63) is 91.8 Å². The highest BCUT2D eigenvalue weighted by atomic mass is 32.1. The highest BCUT2D eigenvalue weighted by Gasteiger charge is 2.18. The van der Waals surface area contributed by atoms with Crippen LogP contribution in [0.4, 0.5) is 0 Å². The number of hydrogen-bond donors (Lipinski definition) is 0. The number of benzene rings is 2. The first-order valence-corrected chi connectivity index (χ1v) is 11.5. The first-order chi connectivity index (χ1) is 15.4. The summed E-state index contributed by atoms with van der Waals surface area (Å²) in [5.41, 5.74) is 3.63. The van der Waals surface area contributed by atoms with E-state index in [1.807, 2.05) is 62.4 Å². The lowest BCUT2D eigenvalue weighted by atomic mass is 10.0. The fourth-order valence-corrected chi connectivity index (χ4v) is 4.63. The van der Waals surface area contributed by atoms with Crippen LogP contribution in [0.3, 0.4) is 0 Å². The number of methoxy groups -OCH3 is 1. The third-order valence-corrected chi connectivity index (χ3v) is 6.95. The average Bonchev–Trinajstić information content (AvgIpc) is 3.22. The fraction of sp³-hybridized carbons (Fsp3) is 0.269. The molecule has 0 atom stereocenters. The Morgan fingerprint density at radius 2 is 1.81 bits per heavy atom. The lowest BCUT2D eigenvalue weighted by Gasteiger charge is -2.13. The summed E-state index contributed by atoms with van der Waals surface area (Å²) in [5, 5.41) is 0.582. The Morgan fingerprint density at radius 1 is 1.06 bits per heavy atom. The van der Waals surface area contributed by atoms with Crippen LogP contribution >= 0.6 is 11.3 Å². The van der Waals surface area contributed by atoms with Gasteiger partial charge >= 0.3 is 0 Å². The van der Waals surface area contributed by atoms with Crippen LogP contribution in [0.5, 0.6) is 5.75 Å². The molecule has 0 N–H and O–H groups in total. The molecule has 0 saturated carbocycles. The zero-order valence-electron chi connectivity index (χ0n) is 18.8. The molecule has 0 saturated heterocycles. The number of carbonyl (C=O) groups excluding carboxylic acids is 1. The van der Waals surface area contributed by atoms with Crippen molar-refractivity contribution < 1.29 is 9.53 Å². The Labute approximate surface area is 191 Å². The average molecular weight is 447 g/mol. The summed E-state index contributed by atoms with van der Waals surface area (Å²) in [6.07, 6.45) is 1.30. The Morgan fingerprint density at radius 3 is 2.47 bits per heavy atom. The van der Waals surface area contributed by atoms with Gasteiger partial charge in [0.15, 0.2) is 5.78 Å². The monoisotopic (exact) mass is 446 g/mol. The number of nitrogens with zero attached hydrogens (tertiary/aromatic N) is 2. The molecule has 4 rings (SSSR count). The van der Waals surface area contributed by atoms with E-state index in [1.54, 1.807) is 18.4 Å². The summed E-state index contributed by atoms with van der Waals surface area (Å²) in [7, 11) is 1.63. The summed E-state index contributed by atoms with van der Waals surface area (Å²) in [5.74, 6) is 1.26.